The Kier molecular flexibility index (Phi) is 8.63. The zero-order valence-corrected chi connectivity index (χ0v) is 16.0. The van der Waals surface area contributed by atoms with Crippen LogP contribution in [0.5, 0.6) is 0 Å². The monoisotopic (exact) mass is 368 g/mol. The van der Waals surface area contributed by atoms with Crippen molar-refractivity contribution in [3.05, 3.63) is 24.0 Å². The van der Waals surface area contributed by atoms with Gasteiger partial charge in [-0.2, -0.15) is 0 Å². The topological polar surface area (TPSA) is 55.8 Å². The van der Waals surface area contributed by atoms with Crippen LogP contribution in [0.3, 0.4) is 0 Å². The SMILES string of the molecule is CCCCC[C@H](O)/C=C/[C@H]1CC[C@H]2O/C(=C\CCCC(=O)OC)C(F)[C@H]12. The molecule has 1 heterocycles. The van der Waals surface area contributed by atoms with E-state index in [4.69, 9.17) is 4.74 Å². The van der Waals surface area contributed by atoms with Gasteiger partial charge in [-0.05, 0) is 44.1 Å². The Morgan fingerprint density at radius 3 is 2.92 bits per heavy atom. The number of unbranched alkanes of at least 4 members (excludes halogenated alkanes) is 3. The Hall–Kier alpha value is -1.36. The smallest absolute Gasteiger partial charge is 0.305 e. The summed E-state index contributed by atoms with van der Waals surface area (Å²) in [5.74, 6) is 0.149. The lowest BCUT2D eigenvalue weighted by molar-refractivity contribution is -0.140. The lowest BCUT2D eigenvalue weighted by Gasteiger charge is -2.15. The van der Waals surface area contributed by atoms with E-state index in [1.165, 1.54) is 7.11 Å². The molecule has 1 unspecified atom stereocenters. The molecule has 0 aromatic rings. The van der Waals surface area contributed by atoms with E-state index in [2.05, 4.69) is 11.7 Å². The van der Waals surface area contributed by atoms with Gasteiger partial charge < -0.3 is 14.6 Å². The van der Waals surface area contributed by atoms with Crippen molar-refractivity contribution in [1.29, 1.82) is 0 Å². The van der Waals surface area contributed by atoms with E-state index in [9.17, 15) is 14.3 Å². The first-order chi connectivity index (χ1) is 12.6. The molecule has 1 N–H and O–H groups in total. The first-order valence-electron chi connectivity index (χ1n) is 10.0. The zero-order chi connectivity index (χ0) is 18.9. The largest absolute Gasteiger partial charge is 0.492 e. The van der Waals surface area contributed by atoms with Gasteiger partial charge in [0.05, 0.1) is 13.2 Å². The van der Waals surface area contributed by atoms with Crippen molar-refractivity contribution in [1.82, 2.24) is 0 Å². The predicted octanol–water partition coefficient (Wildman–Crippen LogP) is 4.47. The van der Waals surface area contributed by atoms with Gasteiger partial charge in [-0.3, -0.25) is 4.79 Å². The summed E-state index contributed by atoms with van der Waals surface area (Å²) in [6.45, 7) is 2.14. The fourth-order valence-electron chi connectivity index (χ4n) is 3.94. The summed E-state index contributed by atoms with van der Waals surface area (Å²) in [5.41, 5.74) is 0. The van der Waals surface area contributed by atoms with Crippen molar-refractivity contribution >= 4 is 5.97 Å². The number of methoxy groups -OCH3 is 1. The number of aliphatic hydroxyl groups is 1. The van der Waals surface area contributed by atoms with Crippen molar-refractivity contribution in [3.8, 4) is 0 Å². The summed E-state index contributed by atoms with van der Waals surface area (Å²) in [6, 6.07) is 0. The number of carbonyl (C=O) groups is 1. The maximum Gasteiger partial charge on any atom is 0.305 e. The van der Waals surface area contributed by atoms with Crippen LogP contribution in [-0.4, -0.2) is 36.6 Å². The van der Waals surface area contributed by atoms with Gasteiger partial charge in [0.2, 0.25) is 0 Å². The average Bonchev–Trinajstić information content (AvgIpc) is 3.17. The number of fused-ring (bicyclic) bond motifs is 1. The molecule has 2 aliphatic rings. The van der Waals surface area contributed by atoms with E-state index in [-0.39, 0.29) is 23.9 Å². The second-order valence-electron chi connectivity index (χ2n) is 7.40. The molecule has 0 spiro atoms. The van der Waals surface area contributed by atoms with Gasteiger partial charge in [0.15, 0.2) is 6.17 Å². The Balaban J connectivity index is 1.83. The molecule has 5 heteroatoms. The first-order valence-corrected chi connectivity index (χ1v) is 10.0. The molecule has 0 radical (unpaired) electrons. The Morgan fingerprint density at radius 2 is 2.19 bits per heavy atom. The van der Waals surface area contributed by atoms with Crippen molar-refractivity contribution < 1.29 is 23.8 Å². The van der Waals surface area contributed by atoms with E-state index in [1.807, 2.05) is 12.2 Å². The van der Waals surface area contributed by atoms with Gasteiger partial charge in [-0.1, -0.05) is 38.3 Å². The molecule has 4 nitrogen and oxygen atoms in total. The fraction of sp³-hybridized carbons (Fsp3) is 0.762. The van der Waals surface area contributed by atoms with Crippen molar-refractivity contribution in [2.45, 2.75) is 83.1 Å². The Labute approximate surface area is 156 Å². The van der Waals surface area contributed by atoms with Crippen molar-refractivity contribution in [2.24, 2.45) is 11.8 Å². The molecule has 1 saturated heterocycles. The Morgan fingerprint density at radius 1 is 1.38 bits per heavy atom. The summed E-state index contributed by atoms with van der Waals surface area (Å²) >= 11 is 0. The number of alkyl halides is 1. The summed E-state index contributed by atoms with van der Waals surface area (Å²) in [6.07, 6.45) is 11.4. The molecule has 0 amide bonds. The van der Waals surface area contributed by atoms with Gasteiger partial charge in [0.1, 0.15) is 11.9 Å². The number of esters is 1. The molecule has 1 aliphatic heterocycles. The molecule has 0 aromatic carbocycles. The number of aliphatic hydroxyl groups excluding tert-OH is 1. The highest BCUT2D eigenvalue weighted by Crippen LogP contribution is 2.47. The van der Waals surface area contributed by atoms with Gasteiger partial charge in [0, 0.05) is 12.3 Å². The van der Waals surface area contributed by atoms with E-state index < -0.39 is 12.3 Å². The first kappa shape index (κ1) is 20.9. The minimum atomic E-state index is -1.09. The number of halogens is 1. The molecular formula is C21H33FO4. The van der Waals surface area contributed by atoms with Crippen LogP contribution in [0.4, 0.5) is 4.39 Å². The molecular weight excluding hydrogens is 335 g/mol. The normalized spacial score (nSPS) is 30.5. The Bertz CT molecular complexity index is 502. The van der Waals surface area contributed by atoms with E-state index in [0.29, 0.717) is 25.0 Å². The molecule has 1 saturated carbocycles. The number of hydrogen-bond donors (Lipinski definition) is 1. The summed E-state index contributed by atoms with van der Waals surface area (Å²) < 4.78 is 25.3. The van der Waals surface area contributed by atoms with E-state index >= 15 is 0 Å². The quantitative estimate of drug-likeness (QED) is 0.351. The van der Waals surface area contributed by atoms with Crippen LogP contribution < -0.4 is 0 Å². The van der Waals surface area contributed by atoms with Gasteiger partial charge in [-0.15, -0.1) is 0 Å². The standard InChI is InChI=1S/C21H33FO4/c1-3-4-5-8-16(23)13-11-15-12-14-17-20(15)21(22)18(26-17)9-6-7-10-19(24)25-2/h9,11,13,15-17,20-21,23H,3-8,10,12,14H2,1-2H3/b13-11+,18-9-/t15-,16-,17+,20+,21?/m0/s1. The van der Waals surface area contributed by atoms with Crippen LogP contribution in [0.15, 0.2) is 24.0 Å². The van der Waals surface area contributed by atoms with Crippen molar-refractivity contribution in [3.63, 3.8) is 0 Å². The lowest BCUT2D eigenvalue weighted by atomic mass is 9.90. The van der Waals surface area contributed by atoms with Crippen LogP contribution in [0.25, 0.3) is 0 Å². The third kappa shape index (κ3) is 5.83. The minimum Gasteiger partial charge on any atom is -0.492 e. The molecule has 2 fully saturated rings. The third-order valence-electron chi connectivity index (χ3n) is 5.45. The molecule has 0 bridgehead atoms. The number of ether oxygens (including phenoxy) is 2. The second kappa shape index (κ2) is 10.7. The van der Waals surface area contributed by atoms with Crippen LogP contribution >= 0.6 is 0 Å². The average molecular weight is 368 g/mol. The molecule has 26 heavy (non-hydrogen) atoms. The fourth-order valence-corrected chi connectivity index (χ4v) is 3.94. The number of rotatable bonds is 10. The third-order valence-corrected chi connectivity index (χ3v) is 5.45. The number of allylic oxidation sites excluding steroid dienone is 3. The highest BCUT2D eigenvalue weighted by Gasteiger charge is 2.49. The van der Waals surface area contributed by atoms with Crippen LogP contribution in [0, 0.1) is 11.8 Å². The van der Waals surface area contributed by atoms with Crippen LogP contribution in [0.2, 0.25) is 0 Å². The molecule has 2 rings (SSSR count). The van der Waals surface area contributed by atoms with E-state index in [1.54, 1.807) is 6.08 Å². The second-order valence-corrected chi connectivity index (χ2v) is 7.40. The highest BCUT2D eigenvalue weighted by molar-refractivity contribution is 5.69. The van der Waals surface area contributed by atoms with Gasteiger partial charge >= 0.3 is 5.97 Å². The summed E-state index contributed by atoms with van der Waals surface area (Å²) in [7, 11) is 1.37. The molecule has 0 aromatic heterocycles. The van der Waals surface area contributed by atoms with Crippen molar-refractivity contribution in [2.75, 3.05) is 7.11 Å². The molecule has 5 atom stereocenters. The van der Waals surface area contributed by atoms with Gasteiger partial charge in [0.25, 0.3) is 0 Å². The summed E-state index contributed by atoms with van der Waals surface area (Å²) in [4.78, 5) is 11.1. The predicted molar refractivity (Wildman–Crippen MR) is 99.2 cm³/mol. The summed E-state index contributed by atoms with van der Waals surface area (Å²) in [5, 5.41) is 10.0. The highest BCUT2D eigenvalue weighted by atomic mass is 19.1. The zero-order valence-electron chi connectivity index (χ0n) is 16.0. The maximum absolute atomic E-state index is 14.8. The minimum absolute atomic E-state index is 0.0660. The molecule has 1 aliphatic carbocycles. The number of hydrogen-bond acceptors (Lipinski definition) is 4. The van der Waals surface area contributed by atoms with Crippen LogP contribution in [0.1, 0.15) is 64.7 Å². The maximum atomic E-state index is 14.8. The van der Waals surface area contributed by atoms with Crippen LogP contribution in [-0.2, 0) is 14.3 Å². The molecule has 148 valence electrons. The lowest BCUT2D eigenvalue weighted by Crippen LogP contribution is -2.21. The number of carbonyl (C=O) groups excluding carboxylic acids is 1. The van der Waals surface area contributed by atoms with Gasteiger partial charge in [-0.25, -0.2) is 4.39 Å². The van der Waals surface area contributed by atoms with E-state index in [0.717, 1.165) is 38.5 Å².